The first-order chi connectivity index (χ1) is 10.5. The van der Waals surface area contributed by atoms with Crippen molar-refractivity contribution < 1.29 is 14.3 Å². The smallest absolute Gasteiger partial charge is 0.272 e. The largest absolute Gasteiger partial charge is 0.497 e. The molecule has 7 nitrogen and oxygen atoms in total. The normalized spacial score (nSPS) is 10.1. The van der Waals surface area contributed by atoms with Gasteiger partial charge in [0, 0.05) is 18.4 Å². The molecule has 0 radical (unpaired) electrons. The number of amides is 2. The summed E-state index contributed by atoms with van der Waals surface area (Å²) < 4.78 is 6.64. The Hall–Kier alpha value is -2.83. The summed E-state index contributed by atoms with van der Waals surface area (Å²) in [5.41, 5.74) is 1.79. The van der Waals surface area contributed by atoms with Crippen molar-refractivity contribution in [3.8, 4) is 5.75 Å². The fourth-order valence-electron chi connectivity index (χ4n) is 1.80. The highest BCUT2D eigenvalue weighted by Crippen LogP contribution is 2.14. The first kappa shape index (κ1) is 15.6. The highest BCUT2D eigenvalue weighted by molar-refractivity contribution is 5.98. The van der Waals surface area contributed by atoms with Crippen LogP contribution in [0.25, 0.3) is 0 Å². The van der Waals surface area contributed by atoms with Gasteiger partial charge >= 0.3 is 0 Å². The number of hydrogen-bond acceptors (Lipinski definition) is 4. The molecule has 0 aliphatic heterocycles. The lowest BCUT2D eigenvalue weighted by molar-refractivity contribution is -0.115. The van der Waals surface area contributed by atoms with Gasteiger partial charge in [-0.25, -0.2) is 0 Å². The molecule has 22 heavy (non-hydrogen) atoms. The van der Waals surface area contributed by atoms with Crippen LogP contribution in [0.2, 0.25) is 0 Å². The quantitative estimate of drug-likeness (QED) is 0.866. The van der Waals surface area contributed by atoms with Gasteiger partial charge in [0.15, 0.2) is 0 Å². The number of nitrogens with one attached hydrogen (secondary N) is 2. The summed E-state index contributed by atoms with van der Waals surface area (Å²) >= 11 is 0. The number of carbonyl (C=O) groups excluding carboxylic acids is 2. The number of aryl methyl sites for hydroxylation is 2. The third-order valence-electron chi connectivity index (χ3n) is 3.13. The summed E-state index contributed by atoms with van der Waals surface area (Å²) in [6, 6.07) is 8.59. The number of nitrogens with zero attached hydrogens (tertiary/aromatic N) is 2. The van der Waals surface area contributed by atoms with Crippen molar-refractivity contribution in [2.45, 2.75) is 6.92 Å². The number of carbonyl (C=O) groups is 2. The third-order valence-corrected chi connectivity index (χ3v) is 3.13. The van der Waals surface area contributed by atoms with Crippen LogP contribution in [0.3, 0.4) is 0 Å². The Balaban J connectivity index is 1.85. The van der Waals surface area contributed by atoms with Gasteiger partial charge in [0.1, 0.15) is 11.4 Å². The number of aromatic nitrogens is 2. The molecule has 1 aromatic carbocycles. The van der Waals surface area contributed by atoms with E-state index in [2.05, 4.69) is 15.7 Å². The third kappa shape index (κ3) is 3.85. The molecule has 2 rings (SSSR count). The minimum Gasteiger partial charge on any atom is -0.497 e. The van der Waals surface area contributed by atoms with Gasteiger partial charge in [-0.3, -0.25) is 14.3 Å². The van der Waals surface area contributed by atoms with E-state index in [0.717, 1.165) is 5.69 Å². The summed E-state index contributed by atoms with van der Waals surface area (Å²) in [7, 11) is 3.32. The van der Waals surface area contributed by atoms with E-state index in [0.29, 0.717) is 11.4 Å². The van der Waals surface area contributed by atoms with Crippen LogP contribution in [0.5, 0.6) is 5.75 Å². The van der Waals surface area contributed by atoms with Gasteiger partial charge < -0.3 is 15.4 Å². The van der Waals surface area contributed by atoms with Gasteiger partial charge in [0.05, 0.1) is 13.7 Å². The number of anilines is 1. The van der Waals surface area contributed by atoms with Crippen LogP contribution in [0, 0.1) is 6.92 Å². The molecule has 2 aromatic rings. The van der Waals surface area contributed by atoms with Crippen molar-refractivity contribution in [3.05, 3.63) is 41.7 Å². The Morgan fingerprint density at radius 3 is 2.50 bits per heavy atom. The summed E-state index contributed by atoms with van der Waals surface area (Å²) in [6.45, 7) is 1.72. The van der Waals surface area contributed by atoms with Gasteiger partial charge in [-0.15, -0.1) is 0 Å². The van der Waals surface area contributed by atoms with Crippen LogP contribution in [0.1, 0.15) is 16.2 Å². The van der Waals surface area contributed by atoms with Gasteiger partial charge in [-0.2, -0.15) is 5.10 Å². The molecule has 7 heteroatoms. The number of rotatable bonds is 5. The van der Waals surface area contributed by atoms with Crippen molar-refractivity contribution in [1.82, 2.24) is 15.1 Å². The summed E-state index contributed by atoms with van der Waals surface area (Å²) in [6.07, 6.45) is 0. The van der Waals surface area contributed by atoms with E-state index < -0.39 is 0 Å². The molecule has 0 atom stereocenters. The zero-order chi connectivity index (χ0) is 16.1. The molecule has 2 amide bonds. The Bertz CT molecular complexity index is 657. The fourth-order valence-corrected chi connectivity index (χ4v) is 1.80. The lowest BCUT2D eigenvalue weighted by atomic mass is 10.3. The Kier molecular flexibility index (Phi) is 4.77. The average molecular weight is 302 g/mol. The molecule has 116 valence electrons. The molecule has 0 spiro atoms. The van der Waals surface area contributed by atoms with E-state index >= 15 is 0 Å². The van der Waals surface area contributed by atoms with Gasteiger partial charge in [-0.05, 0) is 37.3 Å². The predicted octanol–water partition coefficient (Wildman–Crippen LogP) is 1.11. The van der Waals surface area contributed by atoms with E-state index in [9.17, 15) is 9.59 Å². The van der Waals surface area contributed by atoms with Crippen LogP contribution in [-0.4, -0.2) is 35.2 Å². The van der Waals surface area contributed by atoms with Gasteiger partial charge in [-0.1, -0.05) is 0 Å². The highest BCUT2D eigenvalue weighted by Gasteiger charge is 2.12. The maximum atomic E-state index is 11.9. The number of hydrogen-bond donors (Lipinski definition) is 2. The molecule has 0 aliphatic carbocycles. The molecular formula is C15H18N4O3. The minimum atomic E-state index is -0.381. The zero-order valence-electron chi connectivity index (χ0n) is 12.7. The average Bonchev–Trinajstić information content (AvgIpc) is 2.85. The Morgan fingerprint density at radius 1 is 1.27 bits per heavy atom. The fraction of sp³-hybridized carbons (Fsp3) is 0.267. The second-order valence-corrected chi connectivity index (χ2v) is 4.75. The topological polar surface area (TPSA) is 85.3 Å². The zero-order valence-corrected chi connectivity index (χ0v) is 12.7. The second kappa shape index (κ2) is 6.75. The van der Waals surface area contributed by atoms with Crippen LogP contribution in [0.4, 0.5) is 5.69 Å². The van der Waals surface area contributed by atoms with Crippen LogP contribution in [-0.2, 0) is 11.8 Å². The predicted molar refractivity (Wildman–Crippen MR) is 81.9 cm³/mol. The van der Waals surface area contributed by atoms with E-state index in [1.54, 1.807) is 49.2 Å². The van der Waals surface area contributed by atoms with E-state index in [4.69, 9.17) is 4.74 Å². The van der Waals surface area contributed by atoms with E-state index in [-0.39, 0.29) is 24.1 Å². The Morgan fingerprint density at radius 2 is 1.95 bits per heavy atom. The molecule has 1 heterocycles. The van der Waals surface area contributed by atoms with Crippen molar-refractivity contribution in [1.29, 1.82) is 0 Å². The second-order valence-electron chi connectivity index (χ2n) is 4.75. The molecular weight excluding hydrogens is 284 g/mol. The van der Waals surface area contributed by atoms with Crippen LogP contribution < -0.4 is 15.4 Å². The summed E-state index contributed by atoms with van der Waals surface area (Å²) in [5.74, 6) is 0.0107. The number of benzene rings is 1. The molecule has 0 fully saturated rings. The monoisotopic (exact) mass is 302 g/mol. The SMILES string of the molecule is COc1ccc(NC(=O)CNC(=O)c2cc(C)n(C)n2)cc1. The van der Waals surface area contributed by atoms with Crippen molar-refractivity contribution in [2.24, 2.45) is 7.05 Å². The minimum absolute atomic E-state index is 0.125. The standard InChI is InChI=1S/C15H18N4O3/c1-10-8-13(18-19(10)2)15(21)16-9-14(20)17-11-4-6-12(22-3)7-5-11/h4-8H,9H2,1-3H3,(H,16,21)(H,17,20). The van der Waals surface area contributed by atoms with Crippen LogP contribution >= 0.6 is 0 Å². The molecule has 0 unspecified atom stereocenters. The number of methoxy groups -OCH3 is 1. The van der Waals surface area contributed by atoms with Crippen LogP contribution in [0.15, 0.2) is 30.3 Å². The van der Waals surface area contributed by atoms with Crippen molar-refractivity contribution >= 4 is 17.5 Å². The summed E-state index contributed by atoms with van der Waals surface area (Å²) in [4.78, 5) is 23.7. The maximum absolute atomic E-state index is 11.9. The molecule has 1 aromatic heterocycles. The van der Waals surface area contributed by atoms with E-state index in [1.807, 2.05) is 6.92 Å². The van der Waals surface area contributed by atoms with Crippen molar-refractivity contribution in [2.75, 3.05) is 19.0 Å². The number of ether oxygens (including phenoxy) is 1. The molecule has 2 N–H and O–H groups in total. The van der Waals surface area contributed by atoms with Gasteiger partial charge in [0.25, 0.3) is 5.91 Å². The molecule has 0 aliphatic rings. The first-order valence-electron chi connectivity index (χ1n) is 6.72. The molecule has 0 saturated carbocycles. The summed E-state index contributed by atoms with van der Waals surface area (Å²) in [5, 5.41) is 9.26. The van der Waals surface area contributed by atoms with Crippen molar-refractivity contribution in [3.63, 3.8) is 0 Å². The first-order valence-corrected chi connectivity index (χ1v) is 6.72. The Labute approximate surface area is 128 Å². The highest BCUT2D eigenvalue weighted by atomic mass is 16.5. The van der Waals surface area contributed by atoms with E-state index in [1.165, 1.54) is 0 Å². The van der Waals surface area contributed by atoms with Gasteiger partial charge in [0.2, 0.25) is 5.91 Å². The maximum Gasteiger partial charge on any atom is 0.272 e. The molecule has 0 bridgehead atoms. The lowest BCUT2D eigenvalue weighted by Crippen LogP contribution is -2.33. The lowest BCUT2D eigenvalue weighted by Gasteiger charge is -2.07. The molecule has 0 saturated heterocycles.